The summed E-state index contributed by atoms with van der Waals surface area (Å²) in [6.07, 6.45) is 3.80. The molecule has 0 N–H and O–H groups in total. The fourth-order valence-corrected chi connectivity index (χ4v) is 4.58. The Morgan fingerprint density at radius 2 is 1.68 bits per heavy atom. The summed E-state index contributed by atoms with van der Waals surface area (Å²) in [5, 5.41) is 9.97. The largest absolute Gasteiger partial charge is 0.294 e. The molecule has 0 bridgehead atoms. The van der Waals surface area contributed by atoms with Gasteiger partial charge in [-0.05, 0) is 62.7 Å². The maximum atomic E-state index is 13.2. The molecule has 0 radical (unpaired) electrons. The Morgan fingerprint density at radius 1 is 0.964 bits per heavy atom. The van der Waals surface area contributed by atoms with Crippen LogP contribution < -0.4 is 0 Å². The van der Waals surface area contributed by atoms with E-state index in [-0.39, 0.29) is 11.9 Å². The zero-order chi connectivity index (χ0) is 19.3. The molecule has 1 fully saturated rings. The average molecular weight is 397 g/mol. The first-order valence-corrected chi connectivity index (χ1v) is 10.8. The zero-order valence-corrected chi connectivity index (χ0v) is 16.9. The van der Waals surface area contributed by atoms with Crippen LogP contribution in [0, 0.1) is 5.82 Å². The summed E-state index contributed by atoms with van der Waals surface area (Å²) in [6, 6.07) is 17.2. The van der Waals surface area contributed by atoms with Gasteiger partial charge in [-0.25, -0.2) is 4.39 Å². The summed E-state index contributed by atoms with van der Waals surface area (Å²) < 4.78 is 15.3. The number of thioether (sulfide) groups is 1. The second-order valence-electron chi connectivity index (χ2n) is 7.20. The van der Waals surface area contributed by atoms with Gasteiger partial charge in [-0.3, -0.25) is 9.47 Å². The third-order valence-corrected chi connectivity index (χ3v) is 6.27. The predicted octanol–water partition coefficient (Wildman–Crippen LogP) is 5.25. The van der Waals surface area contributed by atoms with E-state index in [2.05, 4.69) is 38.7 Å². The van der Waals surface area contributed by atoms with E-state index < -0.39 is 0 Å². The van der Waals surface area contributed by atoms with E-state index in [9.17, 15) is 4.39 Å². The van der Waals surface area contributed by atoms with E-state index in [1.165, 1.54) is 31.4 Å². The number of nitrogens with zero attached hydrogens (tertiary/aromatic N) is 4. The van der Waals surface area contributed by atoms with E-state index in [4.69, 9.17) is 0 Å². The summed E-state index contributed by atoms with van der Waals surface area (Å²) in [4.78, 5) is 2.50. The molecule has 0 aliphatic carbocycles. The average Bonchev–Trinajstić information content (AvgIpc) is 3.18. The number of likely N-dealkylation sites (tertiary alicyclic amines) is 1. The fourth-order valence-electron chi connectivity index (χ4n) is 3.66. The molecule has 4 nitrogen and oxygen atoms in total. The number of halogens is 1. The summed E-state index contributed by atoms with van der Waals surface area (Å²) in [7, 11) is 0. The number of aromatic nitrogens is 3. The van der Waals surface area contributed by atoms with Crippen LogP contribution in [0.4, 0.5) is 4.39 Å². The number of para-hydroxylation sites is 1. The summed E-state index contributed by atoms with van der Waals surface area (Å²) >= 11 is 1.63. The van der Waals surface area contributed by atoms with Gasteiger partial charge in [0.15, 0.2) is 11.0 Å². The van der Waals surface area contributed by atoms with Crippen LogP contribution in [0.25, 0.3) is 5.69 Å². The maximum absolute atomic E-state index is 13.2. The smallest absolute Gasteiger partial charge is 0.196 e. The Bertz CT molecular complexity index is 889. The molecule has 1 aromatic heterocycles. The highest BCUT2D eigenvalue weighted by Gasteiger charge is 2.25. The molecule has 2 aromatic carbocycles. The molecule has 1 saturated heterocycles. The minimum Gasteiger partial charge on any atom is -0.294 e. The van der Waals surface area contributed by atoms with E-state index in [0.717, 1.165) is 41.1 Å². The third kappa shape index (κ3) is 4.28. The number of piperidine rings is 1. The fraction of sp³-hybridized carbons (Fsp3) is 0.364. The summed E-state index contributed by atoms with van der Waals surface area (Å²) in [5.74, 6) is 1.50. The van der Waals surface area contributed by atoms with Gasteiger partial charge < -0.3 is 0 Å². The maximum Gasteiger partial charge on any atom is 0.196 e. The lowest BCUT2D eigenvalue weighted by Crippen LogP contribution is -2.33. The van der Waals surface area contributed by atoms with Crippen LogP contribution in [0.15, 0.2) is 59.8 Å². The molecule has 1 unspecified atom stereocenters. The van der Waals surface area contributed by atoms with Crippen molar-refractivity contribution in [1.82, 2.24) is 19.7 Å². The van der Waals surface area contributed by atoms with Gasteiger partial charge in [0, 0.05) is 11.4 Å². The Kier molecular flexibility index (Phi) is 6.07. The molecule has 1 atom stereocenters. The Labute approximate surface area is 169 Å². The zero-order valence-electron chi connectivity index (χ0n) is 16.1. The van der Waals surface area contributed by atoms with Gasteiger partial charge in [-0.1, -0.05) is 48.5 Å². The van der Waals surface area contributed by atoms with Crippen molar-refractivity contribution in [2.75, 3.05) is 13.1 Å². The Morgan fingerprint density at radius 3 is 2.39 bits per heavy atom. The van der Waals surface area contributed by atoms with Gasteiger partial charge in [0.05, 0.1) is 6.04 Å². The number of benzene rings is 2. The number of hydrogen-bond acceptors (Lipinski definition) is 4. The first-order valence-electron chi connectivity index (χ1n) is 9.84. The highest BCUT2D eigenvalue weighted by atomic mass is 32.2. The highest BCUT2D eigenvalue weighted by molar-refractivity contribution is 7.98. The molecule has 1 aliphatic rings. The van der Waals surface area contributed by atoms with Crippen LogP contribution in [-0.4, -0.2) is 32.8 Å². The van der Waals surface area contributed by atoms with E-state index >= 15 is 0 Å². The Balaban J connectivity index is 1.62. The lowest BCUT2D eigenvalue weighted by atomic mass is 10.1. The second kappa shape index (κ2) is 8.88. The van der Waals surface area contributed by atoms with Crippen LogP contribution in [0.2, 0.25) is 0 Å². The van der Waals surface area contributed by atoms with Gasteiger partial charge in [0.25, 0.3) is 0 Å². The lowest BCUT2D eigenvalue weighted by Gasteiger charge is -2.31. The van der Waals surface area contributed by atoms with Crippen LogP contribution in [0.3, 0.4) is 0 Å². The molecular weight excluding hydrogens is 371 g/mol. The topological polar surface area (TPSA) is 34.0 Å². The minimum absolute atomic E-state index is 0.209. The van der Waals surface area contributed by atoms with Crippen LogP contribution in [-0.2, 0) is 5.75 Å². The van der Waals surface area contributed by atoms with E-state index in [1.54, 1.807) is 11.8 Å². The van der Waals surface area contributed by atoms with Gasteiger partial charge in [0.2, 0.25) is 0 Å². The van der Waals surface area contributed by atoms with Crippen molar-refractivity contribution >= 4 is 11.8 Å². The second-order valence-corrected chi connectivity index (χ2v) is 8.14. The van der Waals surface area contributed by atoms with Crippen LogP contribution in [0.1, 0.15) is 43.6 Å². The molecule has 0 saturated carbocycles. The molecule has 1 aliphatic heterocycles. The quantitative estimate of drug-likeness (QED) is 0.533. The molecular formula is C22H25FN4S. The minimum atomic E-state index is -0.209. The highest BCUT2D eigenvalue weighted by Crippen LogP contribution is 2.30. The molecule has 3 aromatic rings. The monoisotopic (exact) mass is 396 g/mol. The molecule has 0 amide bonds. The number of hydrogen-bond donors (Lipinski definition) is 0. The van der Waals surface area contributed by atoms with Crippen molar-refractivity contribution in [2.24, 2.45) is 0 Å². The van der Waals surface area contributed by atoms with Gasteiger partial charge in [-0.15, -0.1) is 10.2 Å². The van der Waals surface area contributed by atoms with Gasteiger partial charge in [0.1, 0.15) is 5.82 Å². The summed E-state index contributed by atoms with van der Waals surface area (Å²) in [5.41, 5.74) is 2.15. The van der Waals surface area contributed by atoms with Crippen LogP contribution >= 0.6 is 11.8 Å². The van der Waals surface area contributed by atoms with Crippen molar-refractivity contribution in [3.63, 3.8) is 0 Å². The molecule has 146 valence electrons. The SMILES string of the molecule is CC(c1nnc(SCc2ccc(F)cc2)n1-c1ccccc1)N1CCCCC1. The van der Waals surface area contributed by atoms with Crippen molar-refractivity contribution in [3.8, 4) is 5.69 Å². The lowest BCUT2D eigenvalue weighted by molar-refractivity contribution is 0.167. The Hall–Kier alpha value is -2.18. The van der Waals surface area contributed by atoms with Crippen molar-refractivity contribution < 1.29 is 4.39 Å². The molecule has 6 heteroatoms. The van der Waals surface area contributed by atoms with Crippen LogP contribution in [0.5, 0.6) is 0 Å². The predicted molar refractivity (Wildman–Crippen MR) is 111 cm³/mol. The standard InChI is InChI=1S/C22H25FN4S/c1-17(26-14-6-3-7-15-26)21-24-25-22(27(21)20-8-4-2-5-9-20)28-16-18-10-12-19(23)13-11-18/h2,4-5,8-13,17H,3,6-7,14-16H2,1H3. The number of rotatable bonds is 6. The van der Waals surface area contributed by atoms with Gasteiger partial charge in [-0.2, -0.15) is 0 Å². The molecule has 0 spiro atoms. The van der Waals surface area contributed by atoms with Crippen molar-refractivity contribution in [3.05, 3.63) is 71.8 Å². The normalized spacial score (nSPS) is 16.2. The molecule has 4 rings (SSSR count). The summed E-state index contributed by atoms with van der Waals surface area (Å²) in [6.45, 7) is 4.45. The van der Waals surface area contributed by atoms with E-state index in [1.807, 2.05) is 30.3 Å². The molecule has 2 heterocycles. The first kappa shape index (κ1) is 19.2. The van der Waals surface area contributed by atoms with Crippen molar-refractivity contribution in [1.29, 1.82) is 0 Å². The van der Waals surface area contributed by atoms with Gasteiger partial charge >= 0.3 is 0 Å². The molecule has 28 heavy (non-hydrogen) atoms. The first-order chi connectivity index (χ1) is 13.7. The van der Waals surface area contributed by atoms with E-state index in [0.29, 0.717) is 0 Å². The third-order valence-electron chi connectivity index (χ3n) is 5.27. The van der Waals surface area contributed by atoms with Crippen molar-refractivity contribution in [2.45, 2.75) is 43.1 Å².